The number of sulfonamides is 1. The van der Waals surface area contributed by atoms with Crippen molar-refractivity contribution in [3.8, 4) is 0 Å². The highest BCUT2D eigenvalue weighted by molar-refractivity contribution is 9.10. The molecule has 0 aromatic heterocycles. The molecule has 1 atom stereocenters. The molecule has 1 unspecified atom stereocenters. The van der Waals surface area contributed by atoms with Gasteiger partial charge in [-0.15, -0.1) is 0 Å². The van der Waals surface area contributed by atoms with Gasteiger partial charge in [-0.3, -0.25) is 4.79 Å². The minimum absolute atomic E-state index is 0.0714. The topological polar surface area (TPSA) is 75.3 Å². The minimum atomic E-state index is -3.76. The molecule has 2 N–H and O–H groups in total. The highest BCUT2D eigenvalue weighted by Gasteiger charge is 2.18. The van der Waals surface area contributed by atoms with Gasteiger partial charge in [0.25, 0.3) is 0 Å². The summed E-state index contributed by atoms with van der Waals surface area (Å²) in [4.78, 5) is 12.0. The maximum Gasteiger partial charge on any atom is 0.241 e. The molecule has 1 amide bonds. The van der Waals surface area contributed by atoms with E-state index in [0.717, 1.165) is 12.1 Å². The molecular weight excluding hydrogens is 430 g/mol. The number of halogens is 3. The van der Waals surface area contributed by atoms with Crippen molar-refractivity contribution in [3.63, 3.8) is 0 Å². The summed E-state index contributed by atoms with van der Waals surface area (Å²) < 4.78 is 53.8. The molecule has 0 fully saturated rings. The van der Waals surface area contributed by atoms with Gasteiger partial charge in [0.15, 0.2) is 0 Å². The second-order valence-electron chi connectivity index (χ2n) is 5.53. The first-order chi connectivity index (χ1) is 12.2. The van der Waals surface area contributed by atoms with Gasteiger partial charge in [0.05, 0.1) is 10.9 Å². The summed E-state index contributed by atoms with van der Waals surface area (Å²) in [5.74, 6) is -1.92. The van der Waals surface area contributed by atoms with Crippen molar-refractivity contribution in [1.29, 1.82) is 0 Å². The molecule has 9 heteroatoms. The lowest BCUT2D eigenvalue weighted by molar-refractivity contribution is -0.121. The largest absolute Gasteiger partial charge is 0.349 e. The molecule has 0 bridgehead atoms. The fourth-order valence-electron chi connectivity index (χ4n) is 2.28. The fourth-order valence-corrected chi connectivity index (χ4v) is 4.32. The molecular formula is C17H17BrF2N2O3S. The third-order valence-electron chi connectivity index (χ3n) is 3.58. The Morgan fingerprint density at radius 2 is 1.88 bits per heavy atom. The molecule has 0 saturated carbocycles. The molecule has 0 radical (unpaired) electrons. The summed E-state index contributed by atoms with van der Waals surface area (Å²) in [6.07, 6.45) is -0.128. The van der Waals surface area contributed by atoms with E-state index in [-0.39, 0.29) is 23.4 Å². The van der Waals surface area contributed by atoms with Crippen molar-refractivity contribution in [2.24, 2.45) is 0 Å². The zero-order valence-electron chi connectivity index (χ0n) is 13.8. The first-order valence-corrected chi connectivity index (χ1v) is 9.97. The molecule has 140 valence electrons. The third kappa shape index (κ3) is 5.33. The van der Waals surface area contributed by atoms with E-state index >= 15 is 0 Å². The van der Waals surface area contributed by atoms with Gasteiger partial charge in [0.2, 0.25) is 15.9 Å². The quantitative estimate of drug-likeness (QED) is 0.685. The van der Waals surface area contributed by atoms with Crippen LogP contribution in [0.5, 0.6) is 0 Å². The highest BCUT2D eigenvalue weighted by Crippen LogP contribution is 2.21. The van der Waals surface area contributed by atoms with Gasteiger partial charge in [-0.2, -0.15) is 0 Å². The van der Waals surface area contributed by atoms with Crippen LogP contribution in [0.15, 0.2) is 51.8 Å². The zero-order chi connectivity index (χ0) is 19.3. The maximum absolute atomic E-state index is 13.7. The van der Waals surface area contributed by atoms with Crippen LogP contribution in [0, 0.1) is 11.6 Å². The predicted molar refractivity (Wildman–Crippen MR) is 96.9 cm³/mol. The van der Waals surface area contributed by atoms with Crippen LogP contribution in [-0.2, 0) is 14.8 Å². The molecule has 0 aliphatic carbocycles. The molecule has 2 aromatic rings. The van der Waals surface area contributed by atoms with Gasteiger partial charge in [-0.25, -0.2) is 21.9 Å². The van der Waals surface area contributed by atoms with Crippen molar-refractivity contribution in [1.82, 2.24) is 10.0 Å². The standard InChI is InChI=1S/C17H17BrF2N2O3S/c1-11(13-7-6-12(19)10-15(13)20)22-17(23)8-9-21-26(24,25)16-5-3-2-4-14(16)18/h2-7,10-11,21H,8-9H2,1H3,(H,22,23). The minimum Gasteiger partial charge on any atom is -0.349 e. The molecule has 0 saturated heterocycles. The van der Waals surface area contributed by atoms with Crippen molar-refractivity contribution in [2.45, 2.75) is 24.3 Å². The van der Waals surface area contributed by atoms with E-state index in [2.05, 4.69) is 26.0 Å². The van der Waals surface area contributed by atoms with Crippen LogP contribution in [0.1, 0.15) is 24.9 Å². The molecule has 0 heterocycles. The Kier molecular flexibility index (Phi) is 6.85. The smallest absolute Gasteiger partial charge is 0.241 e. The lowest BCUT2D eigenvalue weighted by Crippen LogP contribution is -2.32. The normalized spacial score (nSPS) is 12.6. The van der Waals surface area contributed by atoms with Crippen LogP contribution in [0.2, 0.25) is 0 Å². The fraction of sp³-hybridized carbons (Fsp3) is 0.235. The molecule has 26 heavy (non-hydrogen) atoms. The van der Waals surface area contributed by atoms with Gasteiger partial charge >= 0.3 is 0 Å². The van der Waals surface area contributed by atoms with Crippen molar-refractivity contribution in [3.05, 3.63) is 64.1 Å². The SMILES string of the molecule is CC(NC(=O)CCNS(=O)(=O)c1ccccc1Br)c1ccc(F)cc1F. The first-order valence-electron chi connectivity index (χ1n) is 7.69. The second-order valence-corrected chi connectivity index (χ2v) is 8.12. The van der Waals surface area contributed by atoms with E-state index in [0.29, 0.717) is 4.47 Å². The number of nitrogens with one attached hydrogen (secondary N) is 2. The average Bonchev–Trinajstić information content (AvgIpc) is 2.54. The van der Waals surface area contributed by atoms with Gasteiger partial charge in [0.1, 0.15) is 11.6 Å². The van der Waals surface area contributed by atoms with Crippen LogP contribution in [0.25, 0.3) is 0 Å². The number of benzene rings is 2. The molecule has 0 aliphatic heterocycles. The Morgan fingerprint density at radius 3 is 2.54 bits per heavy atom. The Labute approximate surface area is 159 Å². The van der Waals surface area contributed by atoms with E-state index in [1.165, 1.54) is 12.1 Å². The Hall–Kier alpha value is -1.84. The third-order valence-corrected chi connectivity index (χ3v) is 6.05. The Balaban J connectivity index is 1.90. The number of hydrogen-bond donors (Lipinski definition) is 2. The highest BCUT2D eigenvalue weighted by atomic mass is 79.9. The second kappa shape index (κ2) is 8.70. The lowest BCUT2D eigenvalue weighted by atomic mass is 10.1. The number of carbonyl (C=O) groups is 1. The molecule has 0 aliphatic rings. The van der Waals surface area contributed by atoms with E-state index < -0.39 is 33.6 Å². The first kappa shape index (κ1) is 20.5. The van der Waals surface area contributed by atoms with E-state index in [1.54, 1.807) is 25.1 Å². The van der Waals surface area contributed by atoms with Crippen LogP contribution in [-0.4, -0.2) is 20.9 Å². The maximum atomic E-state index is 13.7. The lowest BCUT2D eigenvalue weighted by Gasteiger charge is -2.15. The molecule has 2 aromatic carbocycles. The zero-order valence-corrected chi connectivity index (χ0v) is 16.2. The average molecular weight is 447 g/mol. The summed E-state index contributed by atoms with van der Waals surface area (Å²) in [7, 11) is -3.76. The van der Waals surface area contributed by atoms with Crippen molar-refractivity contribution >= 4 is 31.9 Å². The van der Waals surface area contributed by atoms with Gasteiger partial charge in [-0.05, 0) is 41.1 Å². The summed E-state index contributed by atoms with van der Waals surface area (Å²) in [5, 5.41) is 2.55. The molecule has 5 nitrogen and oxygen atoms in total. The van der Waals surface area contributed by atoms with E-state index in [1.807, 2.05) is 0 Å². The number of hydrogen-bond acceptors (Lipinski definition) is 3. The number of amides is 1. The monoisotopic (exact) mass is 446 g/mol. The van der Waals surface area contributed by atoms with Crippen LogP contribution >= 0.6 is 15.9 Å². The van der Waals surface area contributed by atoms with Crippen LogP contribution in [0.3, 0.4) is 0 Å². The number of rotatable bonds is 7. The summed E-state index contributed by atoms with van der Waals surface area (Å²) in [5.41, 5.74) is 0.147. The molecule has 0 spiro atoms. The van der Waals surface area contributed by atoms with Crippen molar-refractivity contribution < 1.29 is 22.0 Å². The van der Waals surface area contributed by atoms with Crippen LogP contribution in [0.4, 0.5) is 8.78 Å². The van der Waals surface area contributed by atoms with Gasteiger partial charge in [0, 0.05) is 29.1 Å². The summed E-state index contributed by atoms with van der Waals surface area (Å²) in [6, 6.07) is 8.73. The Morgan fingerprint density at radius 1 is 1.19 bits per heavy atom. The van der Waals surface area contributed by atoms with E-state index in [9.17, 15) is 22.0 Å². The van der Waals surface area contributed by atoms with Crippen LogP contribution < -0.4 is 10.0 Å². The van der Waals surface area contributed by atoms with Gasteiger partial charge in [-0.1, -0.05) is 18.2 Å². The van der Waals surface area contributed by atoms with Crippen molar-refractivity contribution in [2.75, 3.05) is 6.54 Å². The Bertz CT molecular complexity index is 907. The number of carbonyl (C=O) groups excluding carboxylic acids is 1. The predicted octanol–water partition coefficient (Wildman–Crippen LogP) is 3.27. The molecule has 2 rings (SSSR count). The summed E-state index contributed by atoms with van der Waals surface area (Å²) in [6.45, 7) is 1.44. The van der Waals surface area contributed by atoms with Gasteiger partial charge < -0.3 is 5.32 Å². The van der Waals surface area contributed by atoms with E-state index in [4.69, 9.17) is 0 Å². The summed E-state index contributed by atoms with van der Waals surface area (Å²) >= 11 is 3.16.